The topological polar surface area (TPSA) is 70.1 Å². The molecule has 1 heterocycles. The standard InChI is InChI=1S/C31H48N2O4/c1-3-4-7-12-26(34)19-17-25-18-20-29(35)27(25)13-8-5-6-9-16-31(36)33-23-21-32(22-24-33)28-14-10-11-15-30(28)37-2/h10-11,14-15,17,19,25-27,34H,3-9,12-13,16,18,20-24H2,1-2H3/b19-17+/t25-,26-,27+/m0/s1. The van der Waals surface area contributed by atoms with E-state index in [-0.39, 0.29) is 23.8 Å². The number of ether oxygens (including phenoxy) is 1. The number of benzene rings is 1. The molecule has 6 heteroatoms. The van der Waals surface area contributed by atoms with Crippen LogP contribution in [0.25, 0.3) is 0 Å². The number of methoxy groups -OCH3 is 1. The number of ketones is 1. The van der Waals surface area contributed by atoms with Crippen molar-refractivity contribution in [1.29, 1.82) is 0 Å². The van der Waals surface area contributed by atoms with Crippen molar-refractivity contribution in [2.45, 2.75) is 90.1 Å². The van der Waals surface area contributed by atoms with Crippen LogP contribution < -0.4 is 9.64 Å². The van der Waals surface area contributed by atoms with Gasteiger partial charge in [0, 0.05) is 44.9 Å². The van der Waals surface area contributed by atoms with Gasteiger partial charge in [-0.25, -0.2) is 0 Å². The third-order valence-corrected chi connectivity index (χ3v) is 8.05. The van der Waals surface area contributed by atoms with E-state index in [1.807, 2.05) is 29.2 Å². The summed E-state index contributed by atoms with van der Waals surface area (Å²) in [5.41, 5.74) is 1.10. The second-order valence-corrected chi connectivity index (χ2v) is 10.7. The van der Waals surface area contributed by atoms with E-state index >= 15 is 0 Å². The van der Waals surface area contributed by atoms with Crippen LogP contribution in [0.3, 0.4) is 0 Å². The second kappa shape index (κ2) is 15.8. The summed E-state index contributed by atoms with van der Waals surface area (Å²) in [5, 5.41) is 10.2. The highest BCUT2D eigenvalue weighted by atomic mass is 16.5. The largest absolute Gasteiger partial charge is 0.495 e. The molecule has 206 valence electrons. The Labute approximate surface area is 224 Å². The Morgan fingerprint density at radius 2 is 1.84 bits per heavy atom. The predicted octanol–water partition coefficient (Wildman–Crippen LogP) is 5.78. The molecule has 0 aromatic heterocycles. The summed E-state index contributed by atoms with van der Waals surface area (Å²) < 4.78 is 5.49. The van der Waals surface area contributed by atoms with E-state index in [0.717, 1.165) is 102 Å². The van der Waals surface area contributed by atoms with Crippen LogP contribution in [0.2, 0.25) is 0 Å². The lowest BCUT2D eigenvalue weighted by molar-refractivity contribution is -0.131. The molecule has 1 saturated heterocycles. The van der Waals surface area contributed by atoms with Crippen molar-refractivity contribution in [2.24, 2.45) is 11.8 Å². The smallest absolute Gasteiger partial charge is 0.222 e. The fraction of sp³-hybridized carbons (Fsp3) is 0.677. The lowest BCUT2D eigenvalue weighted by Crippen LogP contribution is -2.48. The Kier molecular flexibility index (Phi) is 12.5. The van der Waals surface area contributed by atoms with Gasteiger partial charge in [0.15, 0.2) is 0 Å². The number of nitrogens with zero attached hydrogens (tertiary/aromatic N) is 2. The van der Waals surface area contributed by atoms with Crippen LogP contribution in [0.1, 0.15) is 84.0 Å². The van der Waals surface area contributed by atoms with Gasteiger partial charge in [0.1, 0.15) is 11.5 Å². The van der Waals surface area contributed by atoms with E-state index in [1.165, 1.54) is 0 Å². The van der Waals surface area contributed by atoms with Crippen LogP contribution in [0, 0.1) is 11.8 Å². The molecule has 1 aliphatic carbocycles. The van der Waals surface area contributed by atoms with Gasteiger partial charge in [-0.05, 0) is 43.7 Å². The average molecular weight is 513 g/mol. The van der Waals surface area contributed by atoms with Crippen LogP contribution in [0.15, 0.2) is 36.4 Å². The van der Waals surface area contributed by atoms with E-state index < -0.39 is 0 Å². The number of carbonyl (C=O) groups excluding carboxylic acids is 2. The highest BCUT2D eigenvalue weighted by molar-refractivity contribution is 5.83. The van der Waals surface area contributed by atoms with Crippen LogP contribution in [-0.2, 0) is 9.59 Å². The molecule has 37 heavy (non-hydrogen) atoms. The first-order chi connectivity index (χ1) is 18.0. The highest BCUT2D eigenvalue weighted by Crippen LogP contribution is 2.34. The zero-order chi connectivity index (χ0) is 26.5. The molecule has 1 aromatic rings. The number of amides is 1. The Morgan fingerprint density at radius 1 is 1.08 bits per heavy atom. The summed E-state index contributed by atoms with van der Waals surface area (Å²) in [6.07, 6.45) is 15.0. The van der Waals surface area contributed by atoms with Gasteiger partial charge >= 0.3 is 0 Å². The van der Waals surface area contributed by atoms with Crippen LogP contribution in [-0.4, -0.2) is 61.1 Å². The summed E-state index contributed by atoms with van der Waals surface area (Å²) in [5.74, 6) is 1.92. The number of piperazine rings is 1. The molecule has 6 nitrogen and oxygen atoms in total. The molecule has 3 rings (SSSR count). The number of rotatable bonds is 15. The number of allylic oxidation sites excluding steroid dienone is 1. The minimum absolute atomic E-state index is 0.111. The van der Waals surface area contributed by atoms with Gasteiger partial charge in [-0.15, -0.1) is 0 Å². The molecule has 0 spiro atoms. The lowest BCUT2D eigenvalue weighted by atomic mass is 9.89. The van der Waals surface area contributed by atoms with Crippen molar-refractivity contribution >= 4 is 17.4 Å². The number of para-hydroxylation sites is 2. The normalized spacial score (nSPS) is 21.1. The maximum atomic E-state index is 12.7. The molecular weight excluding hydrogens is 464 g/mol. The quantitative estimate of drug-likeness (QED) is 0.238. The number of carbonyl (C=O) groups is 2. The molecule has 0 bridgehead atoms. The molecule has 1 aromatic carbocycles. The maximum Gasteiger partial charge on any atom is 0.222 e. The third kappa shape index (κ3) is 9.17. The predicted molar refractivity (Wildman–Crippen MR) is 150 cm³/mol. The molecule has 2 fully saturated rings. The van der Waals surface area contributed by atoms with E-state index in [4.69, 9.17) is 4.74 Å². The summed E-state index contributed by atoms with van der Waals surface area (Å²) in [6.45, 7) is 5.33. The Hall–Kier alpha value is -2.34. The van der Waals surface area contributed by atoms with Crippen molar-refractivity contribution < 1.29 is 19.4 Å². The molecule has 0 radical (unpaired) electrons. The van der Waals surface area contributed by atoms with Crippen molar-refractivity contribution in [2.75, 3.05) is 38.2 Å². The van der Waals surface area contributed by atoms with Gasteiger partial charge in [-0.2, -0.15) is 0 Å². The number of anilines is 1. The zero-order valence-electron chi connectivity index (χ0n) is 23.1. The first kappa shape index (κ1) is 29.2. The maximum absolute atomic E-state index is 12.7. The summed E-state index contributed by atoms with van der Waals surface area (Å²) in [4.78, 5) is 29.4. The number of aliphatic hydroxyl groups excluding tert-OH is 1. The van der Waals surface area contributed by atoms with Gasteiger partial charge in [-0.3, -0.25) is 9.59 Å². The highest BCUT2D eigenvalue weighted by Gasteiger charge is 2.32. The Balaban J connectivity index is 1.29. The fourth-order valence-corrected chi connectivity index (χ4v) is 5.75. The average Bonchev–Trinajstić information content (AvgIpc) is 3.28. The molecule has 3 atom stereocenters. The summed E-state index contributed by atoms with van der Waals surface area (Å²) in [7, 11) is 1.70. The van der Waals surface area contributed by atoms with E-state index in [1.54, 1.807) is 7.11 Å². The molecule has 0 unspecified atom stereocenters. The minimum Gasteiger partial charge on any atom is -0.495 e. The number of aliphatic hydroxyl groups is 1. The Bertz CT molecular complexity index is 863. The van der Waals surface area contributed by atoms with Crippen molar-refractivity contribution in [3.8, 4) is 5.75 Å². The van der Waals surface area contributed by atoms with Gasteiger partial charge in [0.25, 0.3) is 0 Å². The van der Waals surface area contributed by atoms with E-state index in [0.29, 0.717) is 18.6 Å². The van der Waals surface area contributed by atoms with Crippen molar-refractivity contribution in [3.63, 3.8) is 0 Å². The molecule has 1 aliphatic heterocycles. The summed E-state index contributed by atoms with van der Waals surface area (Å²) in [6, 6.07) is 8.05. The van der Waals surface area contributed by atoms with Gasteiger partial charge < -0.3 is 19.6 Å². The van der Waals surface area contributed by atoms with Crippen LogP contribution >= 0.6 is 0 Å². The number of hydrogen-bond acceptors (Lipinski definition) is 5. The number of unbranched alkanes of at least 4 members (excludes halogenated alkanes) is 5. The molecule has 1 N–H and O–H groups in total. The SMILES string of the molecule is CCCCC[C@H](O)/C=C/[C@H]1CCC(=O)[C@@H]1CCCCCCC(=O)N1CCN(c2ccccc2OC)CC1. The number of Topliss-reactive ketones (excluding diaryl/α,β-unsaturated/α-hetero) is 1. The van der Waals surface area contributed by atoms with Gasteiger partial charge in [0.2, 0.25) is 5.91 Å². The summed E-state index contributed by atoms with van der Waals surface area (Å²) >= 11 is 0. The molecule has 1 amide bonds. The minimum atomic E-state index is -0.385. The lowest BCUT2D eigenvalue weighted by Gasteiger charge is -2.36. The van der Waals surface area contributed by atoms with E-state index in [2.05, 4.69) is 24.0 Å². The first-order valence-corrected chi connectivity index (χ1v) is 14.6. The molecule has 2 aliphatic rings. The molecule has 1 saturated carbocycles. The monoisotopic (exact) mass is 512 g/mol. The Morgan fingerprint density at radius 3 is 2.59 bits per heavy atom. The number of hydrogen-bond donors (Lipinski definition) is 1. The fourth-order valence-electron chi connectivity index (χ4n) is 5.75. The van der Waals surface area contributed by atoms with Gasteiger partial charge in [-0.1, -0.05) is 69.7 Å². The van der Waals surface area contributed by atoms with Crippen LogP contribution in [0.4, 0.5) is 5.69 Å². The van der Waals surface area contributed by atoms with Crippen molar-refractivity contribution in [3.05, 3.63) is 36.4 Å². The van der Waals surface area contributed by atoms with E-state index in [9.17, 15) is 14.7 Å². The van der Waals surface area contributed by atoms with Gasteiger partial charge in [0.05, 0.1) is 18.9 Å². The second-order valence-electron chi connectivity index (χ2n) is 10.7. The zero-order valence-corrected chi connectivity index (χ0v) is 23.1. The van der Waals surface area contributed by atoms with Crippen LogP contribution in [0.5, 0.6) is 5.75 Å². The van der Waals surface area contributed by atoms with Crippen molar-refractivity contribution in [1.82, 2.24) is 4.90 Å². The first-order valence-electron chi connectivity index (χ1n) is 14.6. The molecular formula is C31H48N2O4. The third-order valence-electron chi connectivity index (χ3n) is 8.05.